The van der Waals surface area contributed by atoms with E-state index in [0.717, 1.165) is 50.8 Å². The van der Waals surface area contributed by atoms with Gasteiger partial charge in [-0.3, -0.25) is 73.5 Å². The van der Waals surface area contributed by atoms with Crippen LogP contribution in [-0.4, -0.2) is 201 Å². The van der Waals surface area contributed by atoms with Crippen molar-refractivity contribution in [2.75, 3.05) is 58.1 Å². The second-order valence-corrected chi connectivity index (χ2v) is 36.9. The maximum atomic E-state index is 13.5. The maximum absolute atomic E-state index is 13.5. The Labute approximate surface area is 879 Å². The Bertz CT molecular complexity index is 6480. The first-order chi connectivity index (χ1) is 69.8. The molecule has 9 atom stereocenters. The summed E-state index contributed by atoms with van der Waals surface area (Å²) >= 11 is 8.12. The van der Waals surface area contributed by atoms with Crippen molar-refractivity contribution in [3.05, 3.63) is 291 Å². The standard InChI is InChI=1S/C22H19F3N6O3.C20H25N5O4.C15H17N5O2.C13H8F3NO2.C12H18IN3O2.C8H8N2O2.C7H10N2O.ClH.Cu.HI/c1-12-9-31-18(10-29(12)21(32)28-13-6-14(23)20(25)15(24)7-13)17(8-27-31)30-11-19(34-22(30)33)16-4-2-3-5-26-16;1-13-10-25-16(11-23(13)19(27)29-20(2,3)4)15(9-22-25)24-12-17(28-18(24)26)14-7-5-6-8-21-14;1-10-8-20-13(6-17-10)12(7-18-20)19-9-14(22-15(19)21)11-4-2-3-5-16-11;14-10-6-8(7-11(15)12(10)16)17-13(18)19-9-4-2-1-3-5-9;1-8-6-16-10(9(13)5-14-16)7-15(8)11(17)18-12(2,3)4;11-8-10-5-7(12-8)6-3-1-2-4-9-6;8-5-7(10)6-3-1-2-4-9-6;;;/h2-8,12,19H,9-11H2,1H3,(H,28,32);5-9,13,17H,10-12H2,1-4H3;2-5,7,10,14,17H,6,8-9H2,1H3;1-7H,(H,17,18);5,8H,6-7H2,1-4H3;1-4,7H,5H2,(H,10,11);1-4,7,10H,5,8H2;1H;;1H/q;;;;;;;;+1;/p-1/t12-,19?;13-,17?;10-,14?;;8-;;;;;/m000.0...../s1. The quantitative estimate of drug-likeness (QED) is 0.0217. The van der Waals surface area contributed by atoms with Crippen LogP contribution in [0.4, 0.5) is 93.1 Å². The fourth-order valence-electron chi connectivity index (χ4n) is 15.7. The molecule has 0 saturated carbocycles. The number of pyridine rings is 5. The number of para-hydroxylation sites is 1. The van der Waals surface area contributed by atoms with E-state index in [1.165, 1.54) is 28.1 Å². The number of benzene rings is 3. The average molecular weight is 2330 g/mol. The Morgan fingerprint density at radius 1 is 0.483 bits per heavy atom. The fourth-order valence-corrected chi connectivity index (χ4v) is 16.3. The number of alkyl carbamates (subject to hydrolysis) is 1. The van der Waals surface area contributed by atoms with Crippen LogP contribution in [0.1, 0.15) is 151 Å². The molecule has 0 spiro atoms. The molecule has 5 unspecified atom stereocenters. The Morgan fingerprint density at radius 3 is 1.24 bits per heavy atom. The van der Waals surface area contributed by atoms with Crippen molar-refractivity contribution >= 4 is 132 Å². The van der Waals surface area contributed by atoms with Crippen LogP contribution in [0.2, 0.25) is 0 Å². The SMILES string of the molecule is C[C@H]1Cn2ncc(I)c2CN1C(=O)OC(C)(C)C.C[C@H]1Cn2ncc(N3CC(c4ccccn4)OC3=O)c2CN1.C[C@H]1Cn2ncc(N3CC(c4ccccn4)OC3=O)c2CN1C(=O)Nc1cc(F)c(F)c(F)c1.C[C@H]1Cn2ncc(N3CC(c4ccccn4)OC3=O)c2CN1C(=O)OC(C)(C)C.Cl.NCC(O)c1ccccn1.O=C(Nc1cc(F)c(F)c(F)c1)Oc1ccccc1.O=C1NCC(c2ccccn2)O1.[Cu][I]. The number of hydrogen-bond acceptors (Lipinski definition) is 27. The fraction of sp³-hybridized carbons (Fsp3) is 0.351. The molecule has 0 bridgehead atoms. The molecular weight excluding hydrogens is 2220 g/mol. The van der Waals surface area contributed by atoms with Crippen LogP contribution in [0.15, 0.2) is 201 Å². The number of aromatic nitrogens is 13. The average Bonchev–Trinajstić information content (AvgIpc) is 1.63. The predicted octanol–water partition coefficient (Wildman–Crippen LogP) is 17.0. The number of carbonyl (C=O) groups excluding carboxylic acids is 8. The van der Waals surface area contributed by atoms with E-state index in [9.17, 15) is 64.7 Å². The zero-order valence-corrected chi connectivity index (χ0v) is 86.9. The summed E-state index contributed by atoms with van der Waals surface area (Å²) in [6.45, 7) is 24.8. The van der Waals surface area contributed by atoms with E-state index in [1.54, 1.807) is 143 Å². The number of cyclic esters (lactones) is 4. The van der Waals surface area contributed by atoms with Gasteiger partial charge < -0.3 is 64.8 Å². The van der Waals surface area contributed by atoms with E-state index in [2.05, 4.69) is 109 Å². The van der Waals surface area contributed by atoms with Crippen molar-refractivity contribution < 1.29 is 116 Å². The van der Waals surface area contributed by atoms with E-state index in [4.69, 9.17) is 44.0 Å². The molecule has 50 heteroatoms. The van der Waals surface area contributed by atoms with Crippen LogP contribution in [0, 0.1) is 38.5 Å². The number of ether oxygens (including phenoxy) is 7. The summed E-state index contributed by atoms with van der Waals surface area (Å²) in [6.07, 6.45) is 9.64. The number of nitrogens with one attached hydrogen (secondary N) is 4. The van der Waals surface area contributed by atoms with Gasteiger partial charge in [-0.05, 0) is 165 Å². The van der Waals surface area contributed by atoms with Crippen LogP contribution in [0.3, 0.4) is 0 Å². The number of nitrogens with zero attached hydrogens (tertiary/aromatic N) is 19. The van der Waals surface area contributed by atoms with Gasteiger partial charge in [-0.25, -0.2) is 64.7 Å². The Balaban J connectivity index is 0.000000156. The molecule has 12 aromatic rings. The van der Waals surface area contributed by atoms with Gasteiger partial charge in [0.15, 0.2) is 59.3 Å². The summed E-state index contributed by atoms with van der Waals surface area (Å²) in [7, 11) is 0. The number of halogens is 9. The van der Waals surface area contributed by atoms with E-state index in [0.29, 0.717) is 117 Å². The molecule has 4 saturated heterocycles. The predicted molar refractivity (Wildman–Crippen MR) is 537 cm³/mol. The first-order valence-electron chi connectivity index (χ1n) is 45.7. The van der Waals surface area contributed by atoms with Crippen LogP contribution >= 0.6 is 55.3 Å². The molecule has 147 heavy (non-hydrogen) atoms. The summed E-state index contributed by atoms with van der Waals surface area (Å²) < 4.78 is 125. The second-order valence-electron chi connectivity index (χ2n) is 35.8. The van der Waals surface area contributed by atoms with Gasteiger partial charge in [0.2, 0.25) is 0 Å². The number of fused-ring (bicyclic) bond motifs is 4. The molecule has 17 heterocycles. The first-order valence-corrected chi connectivity index (χ1v) is 49.8. The molecule has 784 valence electrons. The normalized spacial score (nSPS) is 18.9. The molecule has 8 aliphatic rings. The van der Waals surface area contributed by atoms with Crippen molar-refractivity contribution in [2.45, 2.75) is 187 Å². The number of anilines is 5. The number of carbonyl (C=O) groups is 8. The van der Waals surface area contributed by atoms with Gasteiger partial charge in [-0.1, -0.05) is 48.5 Å². The van der Waals surface area contributed by atoms with E-state index >= 15 is 0 Å². The molecule has 0 aliphatic carbocycles. The van der Waals surface area contributed by atoms with Gasteiger partial charge in [-0.15, -0.1) is 12.4 Å². The summed E-state index contributed by atoms with van der Waals surface area (Å²) in [4.78, 5) is 127. The molecule has 3 aromatic carbocycles. The van der Waals surface area contributed by atoms with Gasteiger partial charge in [-0.2, -0.15) is 20.4 Å². The number of urea groups is 1. The molecule has 7 N–H and O–H groups in total. The van der Waals surface area contributed by atoms with Crippen LogP contribution in [0.5, 0.6) is 5.75 Å². The zero-order chi connectivity index (χ0) is 105. The van der Waals surface area contributed by atoms with Crippen molar-refractivity contribution in [1.29, 1.82) is 0 Å². The number of nitrogens with two attached hydrogens (primary N) is 1. The Hall–Kier alpha value is -13.9. The summed E-state index contributed by atoms with van der Waals surface area (Å²) in [5.41, 5.74) is 12.7. The summed E-state index contributed by atoms with van der Waals surface area (Å²) in [6, 6.07) is 37.7. The molecule has 4 fully saturated rings. The molecule has 8 aliphatic heterocycles. The molecule has 20 rings (SSSR count). The monoisotopic (exact) mass is 2330 g/mol. The Kier molecular flexibility index (Phi) is 38.8. The molecule has 9 amide bonds. The minimum atomic E-state index is -1.61. The number of amides is 9. The summed E-state index contributed by atoms with van der Waals surface area (Å²) in [5, 5.41) is 37.1. The van der Waals surface area contributed by atoms with Crippen LogP contribution in [0.25, 0.3) is 0 Å². The first kappa shape index (κ1) is 112. The van der Waals surface area contributed by atoms with Crippen molar-refractivity contribution in [3.8, 4) is 5.75 Å². The third kappa shape index (κ3) is 29.3. The molecule has 40 nitrogen and oxygen atoms in total. The van der Waals surface area contributed by atoms with E-state index < -0.39 is 88.7 Å². The van der Waals surface area contributed by atoms with Gasteiger partial charge in [0, 0.05) is 80.1 Å². The van der Waals surface area contributed by atoms with Gasteiger partial charge >= 0.3 is 81.8 Å². The number of rotatable bonds is 12. The van der Waals surface area contributed by atoms with Gasteiger partial charge in [0.1, 0.15) is 23.1 Å². The second kappa shape index (κ2) is 51.0. The summed E-state index contributed by atoms with van der Waals surface area (Å²) in [5.74, 6) is -8.54. The van der Waals surface area contributed by atoms with Crippen molar-refractivity contribution in [1.82, 2.24) is 89.4 Å². The van der Waals surface area contributed by atoms with Gasteiger partial charge in [0.25, 0.3) is 0 Å². The zero-order valence-electron chi connectivity index (χ0n) is 80.8. The van der Waals surface area contributed by atoms with E-state index in [1.807, 2.05) is 136 Å². The van der Waals surface area contributed by atoms with Crippen LogP contribution < -0.4 is 46.4 Å². The van der Waals surface area contributed by atoms with Crippen LogP contribution in [-0.2, 0) is 93.5 Å². The van der Waals surface area contributed by atoms with Crippen molar-refractivity contribution in [2.24, 2.45) is 5.73 Å². The van der Waals surface area contributed by atoms with Gasteiger partial charge in [0.05, 0.1) is 192 Å². The minimum absolute atomic E-state index is 0. The molecule has 0 radical (unpaired) electrons. The Morgan fingerprint density at radius 2 is 0.850 bits per heavy atom. The topological polar surface area (TPSA) is 451 Å². The number of aliphatic hydroxyl groups excluding tert-OH is 1. The molecular formula is C97H106ClCuF6I2N24O16. The van der Waals surface area contributed by atoms with E-state index in [-0.39, 0.29) is 104 Å². The third-order valence-corrected chi connectivity index (χ3v) is 23.8. The van der Waals surface area contributed by atoms with Crippen molar-refractivity contribution in [3.63, 3.8) is 0 Å². The number of aliphatic hydroxyl groups is 1. The third-order valence-electron chi connectivity index (χ3n) is 22.9. The number of hydrogen-bond donors (Lipinski definition) is 6. The molecule has 9 aromatic heterocycles.